The van der Waals surface area contributed by atoms with Gasteiger partial charge in [0.1, 0.15) is 0 Å². The molecular formula is C12H28IN3O. The molecule has 0 rings (SSSR count). The van der Waals surface area contributed by atoms with Gasteiger partial charge in [-0.25, -0.2) is 0 Å². The Morgan fingerprint density at radius 3 is 2.59 bits per heavy atom. The van der Waals surface area contributed by atoms with Gasteiger partial charge in [0.2, 0.25) is 0 Å². The SMILES string of the molecule is CCCCCCNC(N)=NCCCOCC.I. The molecule has 0 aromatic heterocycles. The molecule has 0 unspecified atom stereocenters. The Balaban J connectivity index is 0. The van der Waals surface area contributed by atoms with Crippen LogP contribution in [-0.4, -0.2) is 32.3 Å². The first-order chi connectivity index (χ1) is 7.81. The van der Waals surface area contributed by atoms with E-state index in [0.29, 0.717) is 5.96 Å². The minimum atomic E-state index is 0. The maximum Gasteiger partial charge on any atom is 0.188 e. The van der Waals surface area contributed by atoms with Crippen molar-refractivity contribution in [3.05, 3.63) is 0 Å². The lowest BCUT2D eigenvalue weighted by Crippen LogP contribution is -2.32. The second-order valence-electron chi connectivity index (χ2n) is 3.80. The number of rotatable bonds is 10. The Hall–Kier alpha value is -0.0400. The van der Waals surface area contributed by atoms with E-state index >= 15 is 0 Å². The summed E-state index contributed by atoms with van der Waals surface area (Å²) in [4.78, 5) is 4.22. The standard InChI is InChI=1S/C12H27N3O.HI/c1-3-5-6-7-9-14-12(13)15-10-8-11-16-4-2;/h3-11H2,1-2H3,(H3,13,14,15);1H. The van der Waals surface area contributed by atoms with Crippen LogP contribution in [0, 0.1) is 0 Å². The molecule has 0 radical (unpaired) electrons. The summed E-state index contributed by atoms with van der Waals surface area (Å²) in [5, 5.41) is 3.12. The monoisotopic (exact) mass is 357 g/mol. The number of hydrogen-bond acceptors (Lipinski definition) is 2. The van der Waals surface area contributed by atoms with Gasteiger partial charge >= 0.3 is 0 Å². The molecule has 0 aliphatic rings. The predicted octanol–water partition coefficient (Wildman–Crippen LogP) is 2.52. The normalized spacial score (nSPS) is 11.1. The topological polar surface area (TPSA) is 59.6 Å². The zero-order valence-corrected chi connectivity index (χ0v) is 13.5. The van der Waals surface area contributed by atoms with Crippen molar-refractivity contribution in [3.8, 4) is 0 Å². The molecule has 0 aliphatic carbocycles. The van der Waals surface area contributed by atoms with E-state index in [2.05, 4.69) is 17.2 Å². The van der Waals surface area contributed by atoms with Crippen LogP contribution < -0.4 is 11.1 Å². The van der Waals surface area contributed by atoms with Gasteiger partial charge in [0, 0.05) is 26.3 Å². The van der Waals surface area contributed by atoms with Crippen LogP contribution >= 0.6 is 24.0 Å². The fraction of sp³-hybridized carbons (Fsp3) is 0.917. The van der Waals surface area contributed by atoms with E-state index in [4.69, 9.17) is 10.5 Å². The zero-order valence-electron chi connectivity index (χ0n) is 11.2. The van der Waals surface area contributed by atoms with Crippen LogP contribution in [0.2, 0.25) is 0 Å². The van der Waals surface area contributed by atoms with Crippen LogP contribution in [0.5, 0.6) is 0 Å². The average molecular weight is 357 g/mol. The number of nitrogens with one attached hydrogen (secondary N) is 1. The van der Waals surface area contributed by atoms with Crippen molar-refractivity contribution in [1.82, 2.24) is 5.32 Å². The van der Waals surface area contributed by atoms with E-state index in [0.717, 1.165) is 32.7 Å². The molecule has 17 heavy (non-hydrogen) atoms. The van der Waals surface area contributed by atoms with Crippen molar-refractivity contribution in [1.29, 1.82) is 0 Å². The van der Waals surface area contributed by atoms with Gasteiger partial charge in [0.15, 0.2) is 5.96 Å². The Bertz CT molecular complexity index is 177. The fourth-order valence-corrected chi connectivity index (χ4v) is 1.33. The van der Waals surface area contributed by atoms with E-state index in [1.807, 2.05) is 6.92 Å². The van der Waals surface area contributed by atoms with Gasteiger partial charge in [-0.1, -0.05) is 26.2 Å². The second kappa shape index (κ2) is 16.0. The summed E-state index contributed by atoms with van der Waals surface area (Å²) in [5.74, 6) is 0.563. The first-order valence-corrected chi connectivity index (χ1v) is 6.42. The Morgan fingerprint density at radius 1 is 1.18 bits per heavy atom. The van der Waals surface area contributed by atoms with Crippen LogP contribution in [-0.2, 0) is 4.74 Å². The molecule has 5 heteroatoms. The van der Waals surface area contributed by atoms with Crippen molar-refractivity contribution in [3.63, 3.8) is 0 Å². The number of hydrogen-bond donors (Lipinski definition) is 2. The van der Waals surface area contributed by atoms with Crippen LogP contribution in [0.4, 0.5) is 0 Å². The van der Waals surface area contributed by atoms with Gasteiger partial charge in [0.25, 0.3) is 0 Å². The minimum absolute atomic E-state index is 0. The highest BCUT2D eigenvalue weighted by molar-refractivity contribution is 14.0. The van der Waals surface area contributed by atoms with Gasteiger partial charge in [-0.2, -0.15) is 0 Å². The molecule has 0 saturated carbocycles. The van der Waals surface area contributed by atoms with E-state index in [-0.39, 0.29) is 24.0 Å². The van der Waals surface area contributed by atoms with Gasteiger partial charge in [-0.05, 0) is 19.8 Å². The molecule has 0 amide bonds. The molecule has 0 aromatic carbocycles. The van der Waals surface area contributed by atoms with Crippen molar-refractivity contribution < 1.29 is 4.74 Å². The van der Waals surface area contributed by atoms with Crippen LogP contribution in [0.1, 0.15) is 46.0 Å². The molecule has 0 spiro atoms. The first kappa shape index (κ1) is 19.3. The molecule has 0 aromatic rings. The molecule has 0 saturated heterocycles. The fourth-order valence-electron chi connectivity index (χ4n) is 1.33. The second-order valence-corrected chi connectivity index (χ2v) is 3.80. The third-order valence-corrected chi connectivity index (χ3v) is 2.27. The maximum absolute atomic E-state index is 5.70. The number of nitrogens with zero attached hydrogens (tertiary/aromatic N) is 1. The lowest BCUT2D eigenvalue weighted by atomic mass is 10.2. The van der Waals surface area contributed by atoms with Crippen LogP contribution in [0.3, 0.4) is 0 Å². The lowest BCUT2D eigenvalue weighted by molar-refractivity contribution is 0.146. The van der Waals surface area contributed by atoms with E-state index < -0.39 is 0 Å². The van der Waals surface area contributed by atoms with Gasteiger partial charge < -0.3 is 15.8 Å². The number of ether oxygens (including phenoxy) is 1. The summed E-state index contributed by atoms with van der Waals surface area (Å²) in [6, 6.07) is 0. The number of halogens is 1. The van der Waals surface area contributed by atoms with E-state index in [1.165, 1.54) is 25.7 Å². The maximum atomic E-state index is 5.70. The average Bonchev–Trinajstić information content (AvgIpc) is 2.28. The summed E-state index contributed by atoms with van der Waals surface area (Å²) < 4.78 is 5.21. The molecular weight excluding hydrogens is 329 g/mol. The van der Waals surface area contributed by atoms with Gasteiger partial charge in [0.05, 0.1) is 0 Å². The van der Waals surface area contributed by atoms with Crippen molar-refractivity contribution in [2.24, 2.45) is 10.7 Å². The highest BCUT2D eigenvalue weighted by atomic mass is 127. The Morgan fingerprint density at radius 2 is 1.94 bits per heavy atom. The summed E-state index contributed by atoms with van der Waals surface area (Å²) in [6.45, 7) is 7.42. The van der Waals surface area contributed by atoms with E-state index in [9.17, 15) is 0 Å². The van der Waals surface area contributed by atoms with Crippen LogP contribution in [0.15, 0.2) is 4.99 Å². The summed E-state index contributed by atoms with van der Waals surface area (Å²) in [5.41, 5.74) is 5.70. The zero-order chi connectivity index (χ0) is 12.1. The molecule has 0 bridgehead atoms. The summed E-state index contributed by atoms with van der Waals surface area (Å²) in [7, 11) is 0. The smallest absolute Gasteiger partial charge is 0.188 e. The largest absolute Gasteiger partial charge is 0.382 e. The Kier molecular flexibility index (Phi) is 18.1. The van der Waals surface area contributed by atoms with Crippen molar-refractivity contribution in [2.75, 3.05) is 26.3 Å². The molecule has 0 atom stereocenters. The van der Waals surface area contributed by atoms with Crippen molar-refractivity contribution >= 4 is 29.9 Å². The lowest BCUT2D eigenvalue weighted by Gasteiger charge is -2.05. The number of nitrogens with two attached hydrogens (primary N) is 1. The molecule has 0 aliphatic heterocycles. The molecule has 3 N–H and O–H groups in total. The highest BCUT2D eigenvalue weighted by Gasteiger charge is 1.91. The Labute approximate surface area is 123 Å². The van der Waals surface area contributed by atoms with Crippen LogP contribution in [0.25, 0.3) is 0 Å². The number of guanidine groups is 1. The highest BCUT2D eigenvalue weighted by Crippen LogP contribution is 1.96. The number of unbranched alkanes of at least 4 members (excludes halogenated alkanes) is 3. The van der Waals surface area contributed by atoms with E-state index in [1.54, 1.807) is 0 Å². The summed E-state index contributed by atoms with van der Waals surface area (Å²) in [6.07, 6.45) is 5.93. The quantitative estimate of drug-likeness (QED) is 0.273. The molecule has 4 nitrogen and oxygen atoms in total. The first-order valence-electron chi connectivity index (χ1n) is 6.42. The predicted molar refractivity (Wildman–Crippen MR) is 85.2 cm³/mol. The third kappa shape index (κ3) is 16.0. The number of aliphatic imine (C=N–C) groups is 1. The molecule has 0 heterocycles. The third-order valence-electron chi connectivity index (χ3n) is 2.27. The minimum Gasteiger partial charge on any atom is -0.382 e. The molecule has 104 valence electrons. The van der Waals surface area contributed by atoms with Gasteiger partial charge in [-0.3, -0.25) is 4.99 Å². The summed E-state index contributed by atoms with van der Waals surface area (Å²) >= 11 is 0. The van der Waals surface area contributed by atoms with Crippen molar-refractivity contribution in [2.45, 2.75) is 46.0 Å². The molecule has 0 fully saturated rings. The van der Waals surface area contributed by atoms with Gasteiger partial charge in [-0.15, -0.1) is 24.0 Å².